The third kappa shape index (κ3) is 15.7. The zero-order valence-electron chi connectivity index (χ0n) is 59.8. The van der Waals surface area contributed by atoms with Crippen LogP contribution < -0.4 is 11.2 Å². The molecule has 0 saturated carbocycles. The van der Waals surface area contributed by atoms with Crippen molar-refractivity contribution < 1.29 is 55.9 Å². The smallest absolute Gasteiger partial charge is 0.400 e. The minimum Gasteiger partial charge on any atom is -0.400 e. The molecule has 0 unspecified atom stereocenters. The molecule has 0 bridgehead atoms. The molecule has 1 aromatic rings. The Morgan fingerprint density at radius 2 is 0.844 bits per heavy atom. The largest absolute Gasteiger partial charge is 0.515 e. The third-order valence-electron chi connectivity index (χ3n) is 20.5. The van der Waals surface area contributed by atoms with Crippen LogP contribution >= 0.6 is 0 Å². The van der Waals surface area contributed by atoms with Crippen molar-refractivity contribution in [1.82, 2.24) is 9.78 Å². The number of aryl methyl sites for hydroxylation is 1. The molecule has 27 heteroatoms. The Balaban J connectivity index is 0.000000154. The molecular formula is C63H105B6N9O12. The monoisotopic (exact) mass is 1250 g/mol. The average Bonchev–Trinajstić information content (AvgIpc) is 1.79. The lowest BCUT2D eigenvalue weighted by Gasteiger charge is -2.32. The van der Waals surface area contributed by atoms with Gasteiger partial charge in [0.1, 0.15) is 6.67 Å². The zero-order chi connectivity index (χ0) is 67.4. The van der Waals surface area contributed by atoms with E-state index in [1.165, 1.54) is 5.57 Å². The summed E-state index contributed by atoms with van der Waals surface area (Å²) >= 11 is 0. The Bertz CT molecular complexity index is 2910. The van der Waals surface area contributed by atoms with Crippen molar-refractivity contribution in [2.45, 2.75) is 268 Å². The van der Waals surface area contributed by atoms with Crippen LogP contribution in [0.4, 0.5) is 0 Å². The van der Waals surface area contributed by atoms with Gasteiger partial charge in [-0.2, -0.15) is 5.10 Å². The first-order chi connectivity index (χ1) is 41.1. The van der Waals surface area contributed by atoms with Crippen LogP contribution in [0.15, 0.2) is 83.3 Å². The average molecular weight is 1250 g/mol. The van der Waals surface area contributed by atoms with E-state index in [4.69, 9.17) is 61.6 Å². The molecule has 0 spiro atoms. The molecule has 12 heterocycles. The fourth-order valence-electron chi connectivity index (χ4n) is 9.93. The van der Waals surface area contributed by atoms with E-state index in [0.29, 0.717) is 13.2 Å². The van der Waals surface area contributed by atoms with Gasteiger partial charge in [0.25, 0.3) is 0 Å². The van der Waals surface area contributed by atoms with E-state index in [1.54, 1.807) is 6.21 Å². The summed E-state index contributed by atoms with van der Waals surface area (Å²) in [6.07, 6.45) is 13.6. The van der Waals surface area contributed by atoms with Crippen molar-refractivity contribution in [2.75, 3.05) is 32.8 Å². The molecule has 0 aliphatic carbocycles. The molecule has 0 atom stereocenters. The molecule has 11 aliphatic heterocycles. The number of hydrogen-bond donors (Lipinski definition) is 1. The lowest BCUT2D eigenvalue weighted by Crippen LogP contribution is -2.41. The summed E-state index contributed by atoms with van der Waals surface area (Å²) in [7, 11) is -1.88. The fraction of sp³-hybridized carbons (Fsp3) is 0.730. The number of nitrogens with two attached hydrogens (primary N) is 1. The Labute approximate surface area is 541 Å². The predicted octanol–water partition coefficient (Wildman–Crippen LogP) is 9.19. The maximum atomic E-state index is 6.01. The summed E-state index contributed by atoms with van der Waals surface area (Å²) in [5.74, 6) is 0. The van der Waals surface area contributed by atoms with Gasteiger partial charge in [0, 0.05) is 47.0 Å². The molecule has 11 aliphatic rings. The number of aromatic nitrogens is 2. The number of rotatable bonds is 7. The summed E-state index contributed by atoms with van der Waals surface area (Å²) in [5.41, 5.74) is 11.9. The van der Waals surface area contributed by atoms with E-state index in [0.717, 1.165) is 76.7 Å². The van der Waals surface area contributed by atoms with Crippen LogP contribution in [0.25, 0.3) is 0 Å². The summed E-state index contributed by atoms with van der Waals surface area (Å²) in [6.45, 7) is 61.5. The minimum absolute atomic E-state index is 0.249. The van der Waals surface area contributed by atoms with E-state index in [-0.39, 0.29) is 110 Å². The van der Waals surface area contributed by atoms with Crippen molar-refractivity contribution in [3.8, 4) is 0 Å². The van der Waals surface area contributed by atoms with Gasteiger partial charge in [0.15, 0.2) is 0 Å². The first-order valence-corrected chi connectivity index (χ1v) is 32.0. The number of nitrogens with zero attached hydrogens (tertiary/aromatic N) is 8. The number of allylic oxidation sites excluding steroid dienone is 4. The van der Waals surface area contributed by atoms with Crippen molar-refractivity contribution in [3.05, 3.63) is 59.0 Å². The molecule has 6 fully saturated rings. The standard InChI is InChI=1S/C12H21BN2O2.2C11H18BNO2.C10H17BN2O2.C10H16BNO2.C9H15BN2O2/c1-7-15-9(2)10(8-14-15)13-16-11(3,4)12(5,6)17-13;1-8-9(6-7-13-8)12-14-10(2,3)11(4,5)15-12;1-8-6-7-13-9(8)12-14-10(2,3)11(4,5)15-12;1-9(2)10(3,4)15-11(14-9)8-5-7(12)6-13-8;1-9(2)10(3,4)14-11(13-9)8-6-5-7-12-8;1-8(2)9(3,4)14-10(13-8)7-5-11-6-12-7/h8H,7H2,1-6H3;2*6H,7H2,1-5H3;5H,6,12H2,1-4H3;5-6H,7H2,1-4H3;5H,6H2,1-4H3. The topological polar surface area (TPSA) is 229 Å². The Kier molecular flexibility index (Phi) is 21.4. The predicted molar refractivity (Wildman–Crippen MR) is 368 cm³/mol. The highest BCUT2D eigenvalue weighted by atomic mass is 16.7. The van der Waals surface area contributed by atoms with Gasteiger partial charge in [0.05, 0.1) is 116 Å². The van der Waals surface area contributed by atoms with Gasteiger partial charge in [0.2, 0.25) is 0 Å². The first-order valence-electron chi connectivity index (χ1n) is 32.0. The van der Waals surface area contributed by atoms with Crippen LogP contribution in [0.1, 0.15) is 193 Å². The number of aliphatic imine (C=N–C) groups is 6. The van der Waals surface area contributed by atoms with Crippen LogP contribution in [-0.4, -0.2) is 187 Å². The quantitative estimate of drug-likeness (QED) is 0.251. The maximum absolute atomic E-state index is 6.01. The Morgan fingerprint density at radius 1 is 0.444 bits per heavy atom. The molecule has 0 amide bonds. The molecule has 492 valence electrons. The van der Waals surface area contributed by atoms with Gasteiger partial charge in [-0.3, -0.25) is 34.6 Å². The van der Waals surface area contributed by atoms with Crippen LogP contribution in [0.2, 0.25) is 0 Å². The van der Waals surface area contributed by atoms with Crippen molar-refractivity contribution in [2.24, 2.45) is 35.7 Å². The van der Waals surface area contributed by atoms with Crippen LogP contribution in [0, 0.1) is 6.92 Å². The highest BCUT2D eigenvalue weighted by Crippen LogP contribution is 2.43. The molecule has 21 nitrogen and oxygen atoms in total. The van der Waals surface area contributed by atoms with Gasteiger partial charge in [-0.05, 0) is 212 Å². The van der Waals surface area contributed by atoms with E-state index in [2.05, 4.69) is 151 Å². The molecule has 1 aromatic heterocycles. The van der Waals surface area contributed by atoms with Gasteiger partial charge >= 0.3 is 42.7 Å². The van der Waals surface area contributed by atoms with Crippen LogP contribution in [0.5, 0.6) is 0 Å². The lowest BCUT2D eigenvalue weighted by molar-refractivity contribution is 0.00578. The van der Waals surface area contributed by atoms with E-state index >= 15 is 0 Å². The third-order valence-corrected chi connectivity index (χ3v) is 20.5. The molecule has 0 aromatic carbocycles. The van der Waals surface area contributed by atoms with E-state index in [9.17, 15) is 0 Å². The molecule has 2 N–H and O–H groups in total. The van der Waals surface area contributed by atoms with Crippen LogP contribution in [0.3, 0.4) is 0 Å². The first kappa shape index (κ1) is 73.3. The summed E-state index contributed by atoms with van der Waals surface area (Å²) < 4.78 is 72.7. The molecular weight excluding hydrogens is 1140 g/mol. The molecule has 12 rings (SSSR count). The van der Waals surface area contributed by atoms with Gasteiger partial charge < -0.3 is 61.6 Å². The normalized spacial score (nSPS) is 26.9. The van der Waals surface area contributed by atoms with Gasteiger partial charge in [-0.1, -0.05) is 18.2 Å². The highest BCUT2D eigenvalue weighted by molar-refractivity contribution is 6.93. The maximum Gasteiger partial charge on any atom is 0.515 e. The van der Waals surface area contributed by atoms with E-state index in [1.807, 2.05) is 119 Å². The lowest BCUT2D eigenvalue weighted by atomic mass is 9.76. The Morgan fingerprint density at radius 3 is 1.18 bits per heavy atom. The SMILES string of the molecule is CC1(C)OB(C2=NCC(N)=C2)OC1(C)C.CC1(C)OB(C2=NCC=C2)OC1(C)C.CC1(C)OB(C2=NCN=C2)OC1(C)C.CC1=CCN=C1B1OC(C)(C)C(C)(C)O1.CC1=NCC=C1B1OC(C)(C)C(C)(C)O1.CCn1ncc(B2OC(C)(C)C(C)(C)O2)c1C. The van der Waals surface area contributed by atoms with Gasteiger partial charge in [-0.25, -0.2) is 0 Å². The zero-order valence-corrected chi connectivity index (χ0v) is 59.8. The molecule has 0 radical (unpaired) electrons. The van der Waals surface area contributed by atoms with Crippen LogP contribution in [-0.2, 0) is 62.4 Å². The fourth-order valence-corrected chi connectivity index (χ4v) is 9.93. The summed E-state index contributed by atoms with van der Waals surface area (Å²) in [6, 6.07) is 0. The minimum atomic E-state index is -0.379. The summed E-state index contributed by atoms with van der Waals surface area (Å²) in [4.78, 5) is 25.5. The molecule has 6 saturated heterocycles. The van der Waals surface area contributed by atoms with Gasteiger partial charge in [-0.15, -0.1) is 0 Å². The second kappa shape index (κ2) is 26.2. The summed E-state index contributed by atoms with van der Waals surface area (Å²) in [5, 5.41) is 4.33. The van der Waals surface area contributed by atoms with Crippen molar-refractivity contribution in [3.63, 3.8) is 0 Å². The van der Waals surface area contributed by atoms with Crippen molar-refractivity contribution in [1.29, 1.82) is 0 Å². The number of hydrogen-bond acceptors (Lipinski definition) is 20. The highest BCUT2D eigenvalue weighted by Gasteiger charge is 2.58. The van der Waals surface area contributed by atoms with E-state index < -0.39 is 0 Å². The van der Waals surface area contributed by atoms with Crippen molar-refractivity contribution >= 4 is 82.5 Å². The second-order valence-corrected chi connectivity index (χ2v) is 30.4. The second-order valence-electron chi connectivity index (χ2n) is 30.4. The molecule has 90 heavy (non-hydrogen) atoms. The Hall–Kier alpha value is -4.10.